The summed E-state index contributed by atoms with van der Waals surface area (Å²) in [6, 6.07) is 5.41. The predicted octanol–water partition coefficient (Wildman–Crippen LogP) is 0.149. The fourth-order valence-corrected chi connectivity index (χ4v) is 1.22. The smallest absolute Gasteiger partial charge is 0.323 e. The summed E-state index contributed by atoms with van der Waals surface area (Å²) in [5.41, 5.74) is 2.17. The molecule has 0 amide bonds. The van der Waals surface area contributed by atoms with Gasteiger partial charge in [0.1, 0.15) is 0 Å². The molecule has 1 aromatic heterocycles. The molecular formula is C8H8N4O. The summed E-state index contributed by atoms with van der Waals surface area (Å²) in [6.45, 7) is 0. The first kappa shape index (κ1) is 7.60. The number of benzene rings is 1. The van der Waals surface area contributed by atoms with E-state index < -0.39 is 0 Å². The molecule has 0 spiro atoms. The number of hydrogen-bond donors (Lipinski definition) is 3. The quantitative estimate of drug-likeness (QED) is 0.328. The minimum absolute atomic E-state index is 0.211. The third-order valence-corrected chi connectivity index (χ3v) is 1.76. The first-order valence-electron chi connectivity index (χ1n) is 3.75. The topological polar surface area (TPSA) is 87.0 Å². The molecule has 0 aliphatic heterocycles. The molecule has 13 heavy (non-hydrogen) atoms. The highest BCUT2D eigenvalue weighted by atomic mass is 16.1. The Morgan fingerprint density at radius 3 is 2.85 bits per heavy atom. The van der Waals surface area contributed by atoms with Crippen LogP contribution in [0, 0.1) is 0 Å². The molecule has 2 aromatic rings. The molecule has 0 atom stereocenters. The summed E-state index contributed by atoms with van der Waals surface area (Å²) in [6.07, 6.45) is 1.52. The molecule has 0 unspecified atom stereocenters. The number of hydrogen-bond acceptors (Lipinski definition) is 3. The molecule has 2 rings (SSSR count). The Balaban J connectivity index is 2.67. The van der Waals surface area contributed by atoms with Crippen LogP contribution in [-0.2, 0) is 0 Å². The second kappa shape index (κ2) is 2.78. The zero-order valence-corrected chi connectivity index (χ0v) is 6.74. The minimum Gasteiger partial charge on any atom is -0.323 e. The van der Waals surface area contributed by atoms with Crippen molar-refractivity contribution in [3.63, 3.8) is 0 Å². The Morgan fingerprint density at radius 1 is 1.31 bits per heavy atom. The number of nitrogens with one attached hydrogen (secondary N) is 2. The highest BCUT2D eigenvalue weighted by Gasteiger charge is 1.97. The van der Waals surface area contributed by atoms with Crippen LogP contribution >= 0.6 is 0 Å². The summed E-state index contributed by atoms with van der Waals surface area (Å²) >= 11 is 0. The maximum Gasteiger partial charge on any atom is 0.323 e. The second-order valence-electron chi connectivity index (χ2n) is 2.66. The van der Waals surface area contributed by atoms with Crippen LogP contribution in [0.2, 0.25) is 0 Å². The van der Waals surface area contributed by atoms with Gasteiger partial charge in [-0.1, -0.05) is 6.07 Å². The highest BCUT2D eigenvalue weighted by Crippen LogP contribution is 2.07. The minimum atomic E-state index is -0.211. The second-order valence-corrected chi connectivity index (χ2v) is 2.66. The Kier molecular flexibility index (Phi) is 1.63. The SMILES string of the molecule is NN=Cc1ccc2[nH]c(=O)[nH]c2c1. The first-order chi connectivity index (χ1) is 6.29. The number of fused-ring (bicyclic) bond motifs is 1. The largest absolute Gasteiger partial charge is 0.323 e. The number of aromatic nitrogens is 2. The van der Waals surface area contributed by atoms with E-state index in [-0.39, 0.29) is 5.69 Å². The first-order valence-corrected chi connectivity index (χ1v) is 3.75. The molecule has 1 aromatic carbocycles. The van der Waals surface area contributed by atoms with Crippen LogP contribution in [0.1, 0.15) is 5.56 Å². The summed E-state index contributed by atoms with van der Waals surface area (Å²) < 4.78 is 0. The standard InChI is InChI=1S/C8H8N4O/c9-10-4-5-1-2-6-7(3-5)12-8(13)11-6/h1-4H,9H2,(H2,11,12,13). The summed E-state index contributed by atoms with van der Waals surface area (Å²) in [5.74, 6) is 5.00. The van der Waals surface area contributed by atoms with E-state index in [1.165, 1.54) is 6.21 Å². The van der Waals surface area contributed by atoms with Gasteiger partial charge < -0.3 is 15.8 Å². The molecule has 0 bridgehead atoms. The van der Waals surface area contributed by atoms with E-state index in [1.54, 1.807) is 12.1 Å². The monoisotopic (exact) mass is 176 g/mol. The molecular weight excluding hydrogens is 168 g/mol. The van der Waals surface area contributed by atoms with E-state index >= 15 is 0 Å². The van der Waals surface area contributed by atoms with Gasteiger partial charge in [0.15, 0.2) is 0 Å². The molecule has 0 aliphatic carbocycles. The normalized spacial score (nSPS) is 11.4. The molecule has 5 nitrogen and oxygen atoms in total. The van der Waals surface area contributed by atoms with Gasteiger partial charge in [-0.25, -0.2) is 4.79 Å². The number of nitrogens with zero attached hydrogens (tertiary/aromatic N) is 1. The van der Waals surface area contributed by atoms with Crippen molar-refractivity contribution in [1.82, 2.24) is 9.97 Å². The number of hydrazone groups is 1. The maximum absolute atomic E-state index is 10.9. The molecule has 0 fully saturated rings. The molecule has 1 heterocycles. The number of H-pyrrole nitrogens is 2. The third kappa shape index (κ3) is 1.31. The molecule has 5 heteroatoms. The lowest BCUT2D eigenvalue weighted by Gasteiger charge is -1.91. The van der Waals surface area contributed by atoms with Crippen LogP contribution in [0.3, 0.4) is 0 Å². The van der Waals surface area contributed by atoms with Crippen molar-refractivity contribution in [2.24, 2.45) is 10.9 Å². The van der Waals surface area contributed by atoms with Gasteiger partial charge in [-0.3, -0.25) is 0 Å². The van der Waals surface area contributed by atoms with Crippen LogP contribution in [0.15, 0.2) is 28.1 Å². The van der Waals surface area contributed by atoms with Crippen LogP contribution in [0.5, 0.6) is 0 Å². The van der Waals surface area contributed by atoms with E-state index in [1.807, 2.05) is 6.07 Å². The van der Waals surface area contributed by atoms with Crippen LogP contribution in [-0.4, -0.2) is 16.2 Å². The molecule has 0 radical (unpaired) electrons. The van der Waals surface area contributed by atoms with Gasteiger partial charge in [-0.15, -0.1) is 0 Å². The van der Waals surface area contributed by atoms with Crippen LogP contribution in [0.25, 0.3) is 11.0 Å². The van der Waals surface area contributed by atoms with E-state index in [0.717, 1.165) is 16.6 Å². The highest BCUT2D eigenvalue weighted by molar-refractivity contribution is 5.86. The average molecular weight is 176 g/mol. The predicted molar refractivity (Wildman–Crippen MR) is 50.7 cm³/mol. The van der Waals surface area contributed by atoms with Crippen molar-refractivity contribution in [2.45, 2.75) is 0 Å². The van der Waals surface area contributed by atoms with Crippen molar-refractivity contribution < 1.29 is 0 Å². The molecule has 0 saturated carbocycles. The van der Waals surface area contributed by atoms with Crippen LogP contribution < -0.4 is 11.5 Å². The van der Waals surface area contributed by atoms with Crippen molar-refractivity contribution in [1.29, 1.82) is 0 Å². The third-order valence-electron chi connectivity index (χ3n) is 1.76. The molecule has 66 valence electrons. The van der Waals surface area contributed by atoms with Crippen molar-refractivity contribution in [3.05, 3.63) is 34.2 Å². The zero-order chi connectivity index (χ0) is 9.26. The summed E-state index contributed by atoms with van der Waals surface area (Å²) in [5, 5.41) is 3.39. The average Bonchev–Trinajstić information content (AvgIpc) is 2.44. The Morgan fingerprint density at radius 2 is 2.08 bits per heavy atom. The summed E-state index contributed by atoms with van der Waals surface area (Å²) in [4.78, 5) is 16.2. The lowest BCUT2D eigenvalue weighted by molar-refractivity contribution is 1.21. The summed E-state index contributed by atoms with van der Waals surface area (Å²) in [7, 11) is 0. The maximum atomic E-state index is 10.9. The van der Waals surface area contributed by atoms with Gasteiger partial charge in [0.2, 0.25) is 0 Å². The van der Waals surface area contributed by atoms with Crippen LogP contribution in [0.4, 0.5) is 0 Å². The van der Waals surface area contributed by atoms with Crippen molar-refractivity contribution in [3.8, 4) is 0 Å². The van der Waals surface area contributed by atoms with Gasteiger partial charge in [-0.2, -0.15) is 5.10 Å². The fraction of sp³-hybridized carbons (Fsp3) is 0. The Bertz CT molecular complexity index is 508. The van der Waals surface area contributed by atoms with E-state index in [4.69, 9.17) is 5.84 Å². The van der Waals surface area contributed by atoms with E-state index in [9.17, 15) is 4.79 Å². The van der Waals surface area contributed by atoms with Gasteiger partial charge in [0, 0.05) is 0 Å². The number of aromatic amines is 2. The zero-order valence-electron chi connectivity index (χ0n) is 6.74. The van der Waals surface area contributed by atoms with Crippen molar-refractivity contribution >= 4 is 17.2 Å². The fourth-order valence-electron chi connectivity index (χ4n) is 1.22. The van der Waals surface area contributed by atoms with Crippen molar-refractivity contribution in [2.75, 3.05) is 0 Å². The van der Waals surface area contributed by atoms with Gasteiger partial charge in [-0.05, 0) is 17.7 Å². The Hall–Kier alpha value is -2.04. The molecule has 0 aliphatic rings. The molecule has 4 N–H and O–H groups in total. The molecule has 0 saturated heterocycles. The number of imidazole rings is 1. The number of nitrogens with two attached hydrogens (primary N) is 1. The van der Waals surface area contributed by atoms with Gasteiger partial charge >= 0.3 is 5.69 Å². The number of rotatable bonds is 1. The lowest BCUT2D eigenvalue weighted by Crippen LogP contribution is -1.99. The van der Waals surface area contributed by atoms with Gasteiger partial charge in [0.25, 0.3) is 0 Å². The van der Waals surface area contributed by atoms with Gasteiger partial charge in [0.05, 0.1) is 17.2 Å². The van der Waals surface area contributed by atoms with E-state index in [2.05, 4.69) is 15.1 Å². The Labute approximate surface area is 73.3 Å². The lowest BCUT2D eigenvalue weighted by atomic mass is 10.2. The van der Waals surface area contributed by atoms with E-state index in [0.29, 0.717) is 0 Å².